The lowest BCUT2D eigenvalue weighted by Gasteiger charge is -2.25. The lowest BCUT2D eigenvalue weighted by Crippen LogP contribution is -2.09. The summed E-state index contributed by atoms with van der Waals surface area (Å²) in [5, 5.41) is 0. The van der Waals surface area contributed by atoms with Gasteiger partial charge in [0.25, 0.3) is 0 Å². The van der Waals surface area contributed by atoms with Crippen molar-refractivity contribution in [2.45, 2.75) is 6.92 Å². The van der Waals surface area contributed by atoms with Crippen LogP contribution in [0.25, 0.3) is 11.3 Å². The summed E-state index contributed by atoms with van der Waals surface area (Å²) < 4.78 is 6.36. The van der Waals surface area contributed by atoms with Crippen molar-refractivity contribution in [3.05, 3.63) is 144 Å². The lowest BCUT2D eigenvalue weighted by atomic mass is 9.91. The maximum absolute atomic E-state index is 6.36. The van der Waals surface area contributed by atoms with Gasteiger partial charge >= 0.3 is 0 Å². The molecule has 0 N–H and O–H groups in total. The highest BCUT2D eigenvalue weighted by molar-refractivity contribution is 6.15. The van der Waals surface area contributed by atoms with E-state index in [4.69, 9.17) is 9.73 Å². The van der Waals surface area contributed by atoms with E-state index in [1.54, 1.807) is 0 Å². The molecule has 2 nitrogen and oxygen atoms in total. The van der Waals surface area contributed by atoms with Crippen molar-refractivity contribution in [3.8, 4) is 5.75 Å². The SMILES string of the molecule is CC1=C(c2ccccc2)Oc2ccccc2C1=CC(=Nc1ccccc1)c1ccccc1. The molecule has 0 saturated carbocycles. The number of aliphatic imine (C=N–C) groups is 1. The molecule has 4 aromatic rings. The van der Waals surface area contributed by atoms with E-state index < -0.39 is 0 Å². The number of benzene rings is 4. The van der Waals surface area contributed by atoms with Gasteiger partial charge in [-0.15, -0.1) is 0 Å². The zero-order valence-corrected chi connectivity index (χ0v) is 17.9. The number of hydrogen-bond donors (Lipinski definition) is 0. The molecule has 0 aromatic heterocycles. The zero-order valence-electron chi connectivity index (χ0n) is 17.9. The molecule has 0 radical (unpaired) electrons. The van der Waals surface area contributed by atoms with Gasteiger partial charge in [0.2, 0.25) is 0 Å². The Balaban J connectivity index is 1.72. The topological polar surface area (TPSA) is 21.6 Å². The van der Waals surface area contributed by atoms with Crippen LogP contribution in [0.1, 0.15) is 23.6 Å². The average Bonchev–Trinajstić information content (AvgIpc) is 2.86. The van der Waals surface area contributed by atoms with E-state index in [2.05, 4.69) is 43.3 Å². The molecule has 0 atom stereocenters. The third-order valence-electron chi connectivity index (χ3n) is 5.53. The van der Waals surface area contributed by atoms with Crippen LogP contribution in [-0.2, 0) is 0 Å². The molecule has 0 bridgehead atoms. The molecule has 32 heavy (non-hydrogen) atoms. The quantitative estimate of drug-likeness (QED) is 0.314. The normalized spacial score (nSPS) is 14.8. The Labute approximate surface area is 188 Å². The number of para-hydroxylation sites is 2. The van der Waals surface area contributed by atoms with E-state index in [0.717, 1.165) is 50.7 Å². The number of ether oxygens (including phenoxy) is 1. The van der Waals surface area contributed by atoms with Gasteiger partial charge in [0.15, 0.2) is 0 Å². The van der Waals surface area contributed by atoms with E-state index in [1.807, 2.05) is 84.9 Å². The fraction of sp³-hybridized carbons (Fsp3) is 0.0333. The first kappa shape index (κ1) is 19.8. The van der Waals surface area contributed by atoms with E-state index in [0.29, 0.717) is 0 Å². The number of nitrogens with zero attached hydrogens (tertiary/aromatic N) is 1. The van der Waals surface area contributed by atoms with Crippen molar-refractivity contribution >= 4 is 22.7 Å². The molecule has 1 aliphatic rings. The Morgan fingerprint density at radius 3 is 2.00 bits per heavy atom. The number of fused-ring (bicyclic) bond motifs is 1. The van der Waals surface area contributed by atoms with Gasteiger partial charge in [-0.25, -0.2) is 4.99 Å². The summed E-state index contributed by atoms with van der Waals surface area (Å²) in [6.07, 6.45) is 2.18. The lowest BCUT2D eigenvalue weighted by molar-refractivity contribution is 0.505. The predicted molar refractivity (Wildman–Crippen MR) is 133 cm³/mol. The fourth-order valence-electron chi connectivity index (χ4n) is 3.91. The molecular formula is C30H23NO. The minimum atomic E-state index is 0.857. The molecule has 154 valence electrons. The first-order valence-corrected chi connectivity index (χ1v) is 10.7. The van der Waals surface area contributed by atoms with Crippen LogP contribution in [0.4, 0.5) is 5.69 Å². The second-order valence-corrected chi connectivity index (χ2v) is 7.68. The zero-order chi connectivity index (χ0) is 21.8. The van der Waals surface area contributed by atoms with Gasteiger partial charge in [0.1, 0.15) is 11.5 Å². The van der Waals surface area contributed by atoms with Gasteiger partial charge in [0, 0.05) is 22.3 Å². The smallest absolute Gasteiger partial charge is 0.138 e. The van der Waals surface area contributed by atoms with E-state index in [9.17, 15) is 0 Å². The summed E-state index contributed by atoms with van der Waals surface area (Å²) >= 11 is 0. The molecule has 1 aliphatic heterocycles. The summed E-state index contributed by atoms with van der Waals surface area (Å²) in [5.41, 5.74) is 7.24. The van der Waals surface area contributed by atoms with E-state index in [1.165, 1.54) is 0 Å². The maximum Gasteiger partial charge on any atom is 0.138 e. The monoisotopic (exact) mass is 413 g/mol. The molecule has 0 fully saturated rings. The number of allylic oxidation sites excluding steroid dienone is 3. The van der Waals surface area contributed by atoms with Crippen LogP contribution >= 0.6 is 0 Å². The van der Waals surface area contributed by atoms with E-state index in [-0.39, 0.29) is 0 Å². The van der Waals surface area contributed by atoms with Crippen LogP contribution < -0.4 is 4.74 Å². The molecule has 1 heterocycles. The third-order valence-corrected chi connectivity index (χ3v) is 5.53. The molecule has 0 aliphatic carbocycles. The molecule has 0 unspecified atom stereocenters. The molecule has 5 rings (SSSR count). The van der Waals surface area contributed by atoms with Gasteiger partial charge in [-0.2, -0.15) is 0 Å². The van der Waals surface area contributed by atoms with Crippen molar-refractivity contribution < 1.29 is 4.74 Å². The summed E-state index contributed by atoms with van der Waals surface area (Å²) in [7, 11) is 0. The molecule has 2 heteroatoms. The summed E-state index contributed by atoms with van der Waals surface area (Å²) in [6, 6.07) is 38.8. The van der Waals surface area contributed by atoms with Gasteiger partial charge in [-0.3, -0.25) is 0 Å². The average molecular weight is 414 g/mol. The van der Waals surface area contributed by atoms with Gasteiger partial charge in [0.05, 0.1) is 11.4 Å². The third kappa shape index (κ3) is 4.03. The largest absolute Gasteiger partial charge is 0.456 e. The van der Waals surface area contributed by atoms with Crippen molar-refractivity contribution in [2.24, 2.45) is 4.99 Å². The minimum Gasteiger partial charge on any atom is -0.456 e. The second-order valence-electron chi connectivity index (χ2n) is 7.68. The van der Waals surface area contributed by atoms with Crippen LogP contribution in [0.2, 0.25) is 0 Å². The van der Waals surface area contributed by atoms with Crippen molar-refractivity contribution in [1.82, 2.24) is 0 Å². The van der Waals surface area contributed by atoms with E-state index >= 15 is 0 Å². The first-order valence-electron chi connectivity index (χ1n) is 10.7. The van der Waals surface area contributed by atoms with Gasteiger partial charge in [-0.1, -0.05) is 97.1 Å². The van der Waals surface area contributed by atoms with Crippen molar-refractivity contribution in [2.75, 3.05) is 0 Å². The van der Waals surface area contributed by atoms with Crippen LogP contribution in [0, 0.1) is 0 Å². The fourth-order valence-corrected chi connectivity index (χ4v) is 3.91. The van der Waals surface area contributed by atoms with Gasteiger partial charge < -0.3 is 4.74 Å². The Bertz CT molecular complexity index is 1320. The summed E-state index contributed by atoms with van der Waals surface area (Å²) in [4.78, 5) is 5.00. The van der Waals surface area contributed by atoms with Gasteiger partial charge in [-0.05, 0) is 36.8 Å². The maximum atomic E-state index is 6.36. The molecular weight excluding hydrogens is 390 g/mol. The molecule has 0 amide bonds. The minimum absolute atomic E-state index is 0.857. The van der Waals surface area contributed by atoms with Crippen LogP contribution in [0.5, 0.6) is 5.75 Å². The highest BCUT2D eigenvalue weighted by atomic mass is 16.5. The Morgan fingerprint density at radius 2 is 1.28 bits per heavy atom. The highest BCUT2D eigenvalue weighted by Gasteiger charge is 2.23. The number of hydrogen-bond acceptors (Lipinski definition) is 2. The standard InChI is InChI=1S/C30H23NO/c1-22-27(21-28(23-13-5-2-6-14-23)31-25-17-9-4-10-18-25)26-19-11-12-20-29(26)32-30(22)24-15-7-3-8-16-24/h2-21H,1H3. The highest BCUT2D eigenvalue weighted by Crippen LogP contribution is 2.41. The summed E-state index contributed by atoms with van der Waals surface area (Å²) in [5.74, 6) is 1.73. The molecule has 4 aromatic carbocycles. The Kier molecular flexibility index (Phi) is 5.50. The Morgan fingerprint density at radius 1 is 0.688 bits per heavy atom. The van der Waals surface area contributed by atoms with Crippen LogP contribution in [-0.4, -0.2) is 5.71 Å². The Hall–Kier alpha value is -4.17. The summed E-state index contributed by atoms with van der Waals surface area (Å²) in [6.45, 7) is 2.12. The molecule has 0 spiro atoms. The van der Waals surface area contributed by atoms with Crippen molar-refractivity contribution in [3.63, 3.8) is 0 Å². The molecule has 0 saturated heterocycles. The first-order chi connectivity index (χ1) is 15.8. The predicted octanol–water partition coefficient (Wildman–Crippen LogP) is 7.71. The second kappa shape index (κ2) is 8.91. The number of rotatable bonds is 4. The van der Waals surface area contributed by atoms with Crippen LogP contribution in [0.3, 0.4) is 0 Å². The van der Waals surface area contributed by atoms with Crippen molar-refractivity contribution in [1.29, 1.82) is 0 Å². The van der Waals surface area contributed by atoms with Crippen LogP contribution in [0.15, 0.2) is 132 Å².